The first-order valence-corrected chi connectivity index (χ1v) is 8.56. The van der Waals surface area contributed by atoms with E-state index in [0.29, 0.717) is 5.75 Å². The van der Waals surface area contributed by atoms with Crippen LogP contribution in [-0.4, -0.2) is 9.96 Å². The smallest absolute Gasteiger partial charge is 0.0529 e. The van der Waals surface area contributed by atoms with Crippen LogP contribution in [0, 0.1) is 0 Å². The van der Waals surface area contributed by atoms with Gasteiger partial charge in [0.15, 0.2) is 0 Å². The normalized spacial score (nSPS) is 12.4. The largest absolute Gasteiger partial charge is 0.254 e. The highest BCUT2D eigenvalue weighted by atomic mass is 32.2. The minimum Gasteiger partial charge on any atom is -0.254 e. The van der Waals surface area contributed by atoms with Gasteiger partial charge in [0.1, 0.15) is 0 Å². The third kappa shape index (κ3) is 3.59. The Morgan fingerprint density at radius 2 is 1.48 bits per heavy atom. The van der Waals surface area contributed by atoms with E-state index in [2.05, 4.69) is 42.5 Å². The molecule has 0 saturated carbocycles. The van der Waals surface area contributed by atoms with Gasteiger partial charge < -0.3 is 0 Å². The Morgan fingerprint density at radius 3 is 2.29 bits per heavy atom. The predicted molar refractivity (Wildman–Crippen MR) is 90.0 cm³/mol. The van der Waals surface area contributed by atoms with Crippen molar-refractivity contribution in [3.8, 4) is 0 Å². The zero-order valence-corrected chi connectivity index (χ0v) is 12.7. The van der Waals surface area contributed by atoms with Crippen molar-refractivity contribution in [2.24, 2.45) is 0 Å². The molecule has 0 N–H and O–H groups in total. The monoisotopic (exact) mass is 294 g/mol. The summed E-state index contributed by atoms with van der Waals surface area (Å²) in [4.78, 5) is 0.932. The molecule has 0 fully saturated rings. The van der Waals surface area contributed by atoms with Gasteiger partial charge in [0.2, 0.25) is 0 Å². The lowest BCUT2D eigenvalue weighted by atomic mass is 10.1. The Bertz CT molecular complexity index is 750. The van der Waals surface area contributed by atoms with Crippen molar-refractivity contribution in [1.82, 2.24) is 0 Å². The number of rotatable bonds is 5. The Labute approximate surface area is 128 Å². The van der Waals surface area contributed by atoms with Crippen LogP contribution in [0.15, 0.2) is 77.7 Å². The van der Waals surface area contributed by atoms with Crippen molar-refractivity contribution in [2.45, 2.75) is 17.7 Å². The highest BCUT2D eigenvalue weighted by Crippen LogP contribution is 2.18. The Morgan fingerprint density at radius 1 is 0.762 bits per heavy atom. The number of fused-ring (bicyclic) bond motifs is 1. The predicted octanol–water partition coefficient (Wildman–Crippen LogP) is 4.58. The first-order chi connectivity index (χ1) is 10.3. The molecule has 0 aliphatic rings. The number of aryl methyl sites for hydroxylation is 1. The fourth-order valence-corrected chi connectivity index (χ4v) is 3.60. The van der Waals surface area contributed by atoms with Crippen molar-refractivity contribution in [1.29, 1.82) is 0 Å². The summed E-state index contributed by atoms with van der Waals surface area (Å²) in [5.74, 6) is 0.716. The van der Waals surface area contributed by atoms with Crippen LogP contribution in [0.5, 0.6) is 0 Å². The van der Waals surface area contributed by atoms with Gasteiger partial charge >= 0.3 is 0 Å². The second-order valence-electron chi connectivity index (χ2n) is 5.15. The van der Waals surface area contributed by atoms with E-state index >= 15 is 0 Å². The summed E-state index contributed by atoms with van der Waals surface area (Å²) in [6.07, 6.45) is 1.93. The molecule has 3 rings (SSSR count). The Kier molecular flexibility index (Phi) is 4.46. The summed E-state index contributed by atoms with van der Waals surface area (Å²) in [6, 6.07) is 24.7. The van der Waals surface area contributed by atoms with Gasteiger partial charge in [0, 0.05) is 10.6 Å². The average Bonchev–Trinajstić information content (AvgIpc) is 2.55. The van der Waals surface area contributed by atoms with E-state index in [4.69, 9.17) is 0 Å². The van der Waals surface area contributed by atoms with Crippen LogP contribution in [0.25, 0.3) is 10.8 Å². The maximum atomic E-state index is 12.4. The van der Waals surface area contributed by atoms with Crippen molar-refractivity contribution in [3.63, 3.8) is 0 Å². The second kappa shape index (κ2) is 6.68. The maximum absolute atomic E-state index is 12.4. The lowest BCUT2D eigenvalue weighted by Crippen LogP contribution is -2.00. The van der Waals surface area contributed by atoms with Gasteiger partial charge in [-0.3, -0.25) is 4.21 Å². The summed E-state index contributed by atoms with van der Waals surface area (Å²) in [6.45, 7) is 0. The standard InChI is InChI=1S/C19H18OS/c20-21(14-6-9-16-7-2-1-3-8-16)19-13-12-17-10-4-5-11-18(17)15-19/h1-5,7-8,10-13,15H,6,9,14H2. The molecule has 0 saturated heterocycles. The SMILES string of the molecule is O=S(CCCc1ccccc1)c1ccc2ccccc2c1. The van der Waals surface area contributed by atoms with Gasteiger partial charge in [0.25, 0.3) is 0 Å². The zero-order chi connectivity index (χ0) is 14.5. The highest BCUT2D eigenvalue weighted by Gasteiger charge is 2.05. The van der Waals surface area contributed by atoms with Gasteiger partial charge in [-0.05, 0) is 41.3 Å². The molecule has 0 amide bonds. The fourth-order valence-electron chi connectivity index (χ4n) is 2.48. The van der Waals surface area contributed by atoms with Crippen LogP contribution in [0.4, 0.5) is 0 Å². The van der Waals surface area contributed by atoms with E-state index in [-0.39, 0.29) is 0 Å². The molecule has 3 aromatic carbocycles. The van der Waals surface area contributed by atoms with E-state index in [9.17, 15) is 4.21 Å². The molecule has 0 aromatic heterocycles. The molecule has 0 bridgehead atoms. The lowest BCUT2D eigenvalue weighted by molar-refractivity contribution is 0.680. The summed E-state index contributed by atoms with van der Waals surface area (Å²) in [5, 5.41) is 2.36. The molecule has 0 radical (unpaired) electrons. The summed E-state index contributed by atoms with van der Waals surface area (Å²) >= 11 is 0. The molecule has 2 heteroatoms. The van der Waals surface area contributed by atoms with E-state index in [1.807, 2.05) is 30.3 Å². The Hall–Kier alpha value is -1.93. The third-order valence-corrected chi connectivity index (χ3v) is 5.06. The fraction of sp³-hybridized carbons (Fsp3) is 0.158. The second-order valence-corrected chi connectivity index (χ2v) is 6.72. The van der Waals surface area contributed by atoms with Crippen LogP contribution in [0.3, 0.4) is 0 Å². The first kappa shape index (κ1) is 14.0. The van der Waals surface area contributed by atoms with Crippen LogP contribution in [-0.2, 0) is 17.2 Å². The van der Waals surface area contributed by atoms with Gasteiger partial charge in [-0.15, -0.1) is 0 Å². The summed E-state index contributed by atoms with van der Waals surface area (Å²) in [7, 11) is -0.913. The van der Waals surface area contributed by atoms with Crippen molar-refractivity contribution < 1.29 is 4.21 Å². The van der Waals surface area contributed by atoms with E-state index in [0.717, 1.165) is 23.1 Å². The average molecular weight is 294 g/mol. The number of hydrogen-bond acceptors (Lipinski definition) is 1. The highest BCUT2D eigenvalue weighted by molar-refractivity contribution is 7.85. The minimum absolute atomic E-state index is 0.716. The summed E-state index contributed by atoms with van der Waals surface area (Å²) < 4.78 is 12.4. The van der Waals surface area contributed by atoms with E-state index in [1.165, 1.54) is 10.9 Å². The van der Waals surface area contributed by atoms with E-state index in [1.54, 1.807) is 0 Å². The number of hydrogen-bond donors (Lipinski definition) is 0. The van der Waals surface area contributed by atoms with Crippen LogP contribution < -0.4 is 0 Å². The first-order valence-electron chi connectivity index (χ1n) is 7.24. The molecule has 1 nitrogen and oxygen atoms in total. The molecule has 0 heterocycles. The van der Waals surface area contributed by atoms with Gasteiger partial charge in [0.05, 0.1) is 10.8 Å². The molecule has 0 aliphatic carbocycles. The van der Waals surface area contributed by atoms with Crippen LogP contribution in [0.1, 0.15) is 12.0 Å². The van der Waals surface area contributed by atoms with Gasteiger partial charge in [-0.1, -0.05) is 60.7 Å². The van der Waals surface area contributed by atoms with Crippen LogP contribution >= 0.6 is 0 Å². The third-order valence-electron chi connectivity index (χ3n) is 3.62. The van der Waals surface area contributed by atoms with Crippen molar-refractivity contribution in [3.05, 3.63) is 78.4 Å². The van der Waals surface area contributed by atoms with Crippen LogP contribution in [0.2, 0.25) is 0 Å². The van der Waals surface area contributed by atoms with Gasteiger partial charge in [-0.25, -0.2) is 0 Å². The van der Waals surface area contributed by atoms with E-state index < -0.39 is 10.8 Å². The Balaban J connectivity index is 1.64. The van der Waals surface area contributed by atoms with Crippen molar-refractivity contribution >= 4 is 21.6 Å². The molecular weight excluding hydrogens is 276 g/mol. The quantitative estimate of drug-likeness (QED) is 0.673. The van der Waals surface area contributed by atoms with Gasteiger partial charge in [-0.2, -0.15) is 0 Å². The number of benzene rings is 3. The molecule has 0 aliphatic heterocycles. The molecular formula is C19H18OS. The maximum Gasteiger partial charge on any atom is 0.0529 e. The van der Waals surface area contributed by atoms with Crippen molar-refractivity contribution in [2.75, 3.05) is 5.75 Å². The molecule has 3 aromatic rings. The zero-order valence-electron chi connectivity index (χ0n) is 11.9. The lowest BCUT2D eigenvalue weighted by Gasteiger charge is -2.05. The molecule has 1 unspecified atom stereocenters. The molecule has 106 valence electrons. The molecule has 1 atom stereocenters. The molecule has 21 heavy (non-hydrogen) atoms. The summed E-state index contributed by atoms with van der Waals surface area (Å²) in [5.41, 5.74) is 1.31. The molecule has 0 spiro atoms. The topological polar surface area (TPSA) is 17.1 Å². The minimum atomic E-state index is -0.913.